The molecule has 0 aromatic heterocycles. The predicted octanol–water partition coefficient (Wildman–Crippen LogP) is 1.58. The fourth-order valence-corrected chi connectivity index (χ4v) is 3.63. The zero-order valence-corrected chi connectivity index (χ0v) is 16.9. The van der Waals surface area contributed by atoms with Gasteiger partial charge >= 0.3 is 17.9 Å². The maximum Gasteiger partial charge on any atom is 0.320 e. The molecule has 0 bridgehead atoms. The molecule has 1 aliphatic rings. The van der Waals surface area contributed by atoms with Crippen LogP contribution < -0.4 is 0 Å². The molecule has 1 fully saturated rings. The number of rotatable bonds is 10. The van der Waals surface area contributed by atoms with E-state index >= 15 is 0 Å². The highest BCUT2D eigenvalue weighted by Gasteiger charge is 2.62. The summed E-state index contributed by atoms with van der Waals surface area (Å²) >= 11 is 0. The first-order chi connectivity index (χ1) is 13.3. The van der Waals surface area contributed by atoms with Gasteiger partial charge in [0.15, 0.2) is 5.78 Å². The molecule has 8 nitrogen and oxygen atoms in total. The van der Waals surface area contributed by atoms with Crippen molar-refractivity contribution < 1.29 is 38.5 Å². The number of Topliss-reactive ketones (excluding diaryl/α,β-unsaturated/α-hetero) is 1. The maximum atomic E-state index is 13.0. The van der Waals surface area contributed by atoms with E-state index in [-0.39, 0.29) is 6.42 Å². The number of hydrogen-bond donors (Lipinski definition) is 1. The van der Waals surface area contributed by atoms with Crippen molar-refractivity contribution in [1.82, 2.24) is 0 Å². The minimum absolute atomic E-state index is 0.0181. The lowest BCUT2D eigenvalue weighted by atomic mass is 9.73. The molecule has 158 valence electrons. The highest BCUT2D eigenvalue weighted by molar-refractivity contribution is 6.15. The van der Waals surface area contributed by atoms with E-state index in [1.165, 1.54) is 12.2 Å². The van der Waals surface area contributed by atoms with E-state index in [0.29, 0.717) is 6.42 Å². The van der Waals surface area contributed by atoms with Crippen molar-refractivity contribution in [2.24, 2.45) is 17.3 Å². The van der Waals surface area contributed by atoms with Crippen LogP contribution in [0.1, 0.15) is 45.4 Å². The molecule has 8 heteroatoms. The Kier molecular flexibility index (Phi) is 9.31. The number of carbonyl (C=O) groups is 4. The summed E-state index contributed by atoms with van der Waals surface area (Å²) in [6.45, 7) is 2.05. The second-order valence-electron chi connectivity index (χ2n) is 6.95. The van der Waals surface area contributed by atoms with E-state index in [2.05, 4.69) is 16.4 Å². The highest BCUT2D eigenvalue weighted by Crippen LogP contribution is 2.48. The van der Waals surface area contributed by atoms with Gasteiger partial charge in [-0.1, -0.05) is 38.3 Å². The molecule has 0 saturated heterocycles. The Morgan fingerprint density at radius 3 is 2.39 bits per heavy atom. The number of aliphatic hydroxyl groups excluding tert-OH is 1. The van der Waals surface area contributed by atoms with Gasteiger partial charge in [-0.2, -0.15) is 0 Å². The minimum Gasteiger partial charge on any atom is -0.469 e. The molecule has 1 N–H and O–H groups in total. The van der Waals surface area contributed by atoms with Gasteiger partial charge in [0, 0.05) is 5.92 Å². The summed E-state index contributed by atoms with van der Waals surface area (Å²) in [7, 11) is 3.41. The van der Waals surface area contributed by atoms with E-state index in [1.807, 2.05) is 0 Å². The Morgan fingerprint density at radius 2 is 1.86 bits per heavy atom. The van der Waals surface area contributed by atoms with Crippen molar-refractivity contribution in [3.05, 3.63) is 12.2 Å². The lowest BCUT2D eigenvalue weighted by molar-refractivity contribution is -0.166. The van der Waals surface area contributed by atoms with Gasteiger partial charge in [0.05, 0.1) is 33.9 Å². The number of ketones is 1. The lowest BCUT2D eigenvalue weighted by Crippen LogP contribution is -2.45. The Labute approximate surface area is 165 Å². The van der Waals surface area contributed by atoms with E-state index < -0.39 is 53.5 Å². The fraction of sp³-hybridized carbons (Fsp3) is 0.700. The average Bonchev–Trinajstić information content (AvgIpc) is 2.97. The number of allylic oxidation sites excluding steroid dienone is 1. The third kappa shape index (κ3) is 5.19. The lowest BCUT2D eigenvalue weighted by Gasteiger charge is -2.28. The topological polar surface area (TPSA) is 116 Å². The van der Waals surface area contributed by atoms with Crippen LogP contribution in [0.25, 0.3) is 0 Å². The van der Waals surface area contributed by atoms with Crippen LogP contribution in [0, 0.1) is 17.3 Å². The summed E-state index contributed by atoms with van der Waals surface area (Å²) in [5.41, 5.74) is -1.89. The average molecular weight is 398 g/mol. The van der Waals surface area contributed by atoms with Crippen LogP contribution in [0.2, 0.25) is 0 Å². The van der Waals surface area contributed by atoms with Gasteiger partial charge in [0.2, 0.25) is 0 Å². The van der Waals surface area contributed by atoms with Crippen molar-refractivity contribution in [3.8, 4) is 0 Å². The SMILES string of the molecule is CCCCCC(O)C=CC1C[C@@H](C(=O)OC)C(=O)[C@]1(CC(=O)OC)C(=O)OC. The van der Waals surface area contributed by atoms with Crippen LogP contribution in [-0.4, -0.2) is 56.2 Å². The van der Waals surface area contributed by atoms with Gasteiger partial charge in [0.25, 0.3) is 0 Å². The first-order valence-electron chi connectivity index (χ1n) is 9.42. The molecule has 0 aromatic rings. The zero-order chi connectivity index (χ0) is 21.3. The predicted molar refractivity (Wildman–Crippen MR) is 99.0 cm³/mol. The molecule has 0 amide bonds. The number of ether oxygens (including phenoxy) is 3. The molecular weight excluding hydrogens is 368 g/mol. The van der Waals surface area contributed by atoms with E-state index in [1.54, 1.807) is 0 Å². The molecular formula is C20H30O8. The summed E-state index contributed by atoms with van der Waals surface area (Å²) in [5, 5.41) is 10.1. The second-order valence-corrected chi connectivity index (χ2v) is 6.95. The molecule has 0 radical (unpaired) electrons. The smallest absolute Gasteiger partial charge is 0.320 e. The van der Waals surface area contributed by atoms with Gasteiger partial charge in [0.1, 0.15) is 11.3 Å². The minimum atomic E-state index is -1.89. The van der Waals surface area contributed by atoms with E-state index in [9.17, 15) is 24.3 Å². The molecule has 1 saturated carbocycles. The number of esters is 3. The molecule has 1 aliphatic carbocycles. The van der Waals surface area contributed by atoms with Crippen molar-refractivity contribution in [3.63, 3.8) is 0 Å². The summed E-state index contributed by atoms with van der Waals surface area (Å²) < 4.78 is 14.1. The largest absolute Gasteiger partial charge is 0.469 e. The number of unbranched alkanes of at least 4 members (excludes halogenated alkanes) is 2. The van der Waals surface area contributed by atoms with Gasteiger partial charge in [-0.05, 0) is 12.8 Å². The first-order valence-corrected chi connectivity index (χ1v) is 9.42. The molecule has 1 rings (SSSR count). The first kappa shape index (κ1) is 23.8. The Bertz CT molecular complexity index is 611. The Balaban J connectivity index is 3.25. The summed E-state index contributed by atoms with van der Waals surface area (Å²) in [6.07, 6.45) is 5.06. The highest BCUT2D eigenvalue weighted by atomic mass is 16.5. The van der Waals surface area contributed by atoms with Crippen LogP contribution in [-0.2, 0) is 33.4 Å². The maximum absolute atomic E-state index is 13.0. The third-order valence-corrected chi connectivity index (χ3v) is 5.23. The number of methoxy groups -OCH3 is 3. The Hall–Kier alpha value is -2.22. The number of hydrogen-bond acceptors (Lipinski definition) is 8. The van der Waals surface area contributed by atoms with Crippen molar-refractivity contribution in [1.29, 1.82) is 0 Å². The molecule has 0 spiro atoms. The van der Waals surface area contributed by atoms with Gasteiger partial charge in [-0.3, -0.25) is 19.2 Å². The van der Waals surface area contributed by atoms with Gasteiger partial charge in [-0.15, -0.1) is 0 Å². The van der Waals surface area contributed by atoms with Crippen molar-refractivity contribution >= 4 is 23.7 Å². The fourth-order valence-electron chi connectivity index (χ4n) is 3.63. The normalized spacial score (nSPS) is 25.5. The second kappa shape index (κ2) is 10.9. The third-order valence-electron chi connectivity index (χ3n) is 5.23. The molecule has 2 unspecified atom stereocenters. The van der Waals surface area contributed by atoms with E-state index in [0.717, 1.165) is 40.6 Å². The number of carbonyl (C=O) groups excluding carboxylic acids is 4. The summed E-state index contributed by atoms with van der Waals surface area (Å²) in [6, 6.07) is 0. The van der Waals surface area contributed by atoms with Gasteiger partial charge in [-0.25, -0.2) is 0 Å². The van der Waals surface area contributed by atoms with E-state index in [4.69, 9.17) is 4.74 Å². The zero-order valence-electron chi connectivity index (χ0n) is 16.9. The van der Waals surface area contributed by atoms with Gasteiger partial charge < -0.3 is 19.3 Å². The number of aliphatic hydroxyl groups is 1. The van der Waals surface area contributed by atoms with Crippen LogP contribution in [0.15, 0.2) is 12.2 Å². The monoisotopic (exact) mass is 398 g/mol. The van der Waals surface area contributed by atoms with Crippen LogP contribution in [0.4, 0.5) is 0 Å². The molecule has 0 heterocycles. The Morgan fingerprint density at radius 1 is 1.18 bits per heavy atom. The summed E-state index contributed by atoms with van der Waals surface area (Å²) in [5.74, 6) is -5.19. The van der Waals surface area contributed by atoms with Crippen LogP contribution in [0.3, 0.4) is 0 Å². The van der Waals surface area contributed by atoms with Crippen molar-refractivity contribution in [2.45, 2.75) is 51.6 Å². The summed E-state index contributed by atoms with van der Waals surface area (Å²) in [4.78, 5) is 49.7. The molecule has 4 atom stereocenters. The standard InChI is InChI=1S/C20H30O8/c1-5-6-7-8-14(21)10-9-13-11-15(18(24)27-3)17(23)20(13,19(25)28-4)12-16(22)26-2/h9-10,13-15,21H,5-8,11-12H2,1-4H3/t13?,14?,15-,20-/m1/s1. The molecule has 0 aliphatic heterocycles. The van der Waals surface area contributed by atoms with Crippen molar-refractivity contribution in [2.75, 3.05) is 21.3 Å². The van der Waals surface area contributed by atoms with Crippen LogP contribution in [0.5, 0.6) is 0 Å². The molecule has 0 aromatic carbocycles. The quantitative estimate of drug-likeness (QED) is 0.194. The molecule has 28 heavy (non-hydrogen) atoms. The van der Waals surface area contributed by atoms with Crippen LogP contribution >= 0.6 is 0 Å².